The average Bonchev–Trinajstić information content (AvgIpc) is 3.05. The molecular formula is C21H21N3O2S. The third-order valence-electron chi connectivity index (χ3n) is 4.81. The molecule has 0 bridgehead atoms. The first-order valence-electron chi connectivity index (χ1n) is 8.97. The Morgan fingerprint density at radius 2 is 1.67 bits per heavy atom. The molecule has 0 saturated carbocycles. The second-order valence-electron chi connectivity index (χ2n) is 6.66. The molecule has 0 unspecified atom stereocenters. The van der Waals surface area contributed by atoms with Crippen molar-refractivity contribution in [2.75, 3.05) is 31.1 Å². The number of phenols is 1. The molecular weight excluding hydrogens is 358 g/mol. The van der Waals surface area contributed by atoms with Crippen LogP contribution in [0, 0.1) is 6.92 Å². The van der Waals surface area contributed by atoms with Crippen molar-refractivity contribution >= 4 is 34.6 Å². The molecule has 2 aliphatic rings. The summed E-state index contributed by atoms with van der Waals surface area (Å²) in [7, 11) is 0. The van der Waals surface area contributed by atoms with Gasteiger partial charge < -0.3 is 14.9 Å². The Bertz CT molecular complexity index is 913. The number of hydrogen-bond donors (Lipinski definition) is 1. The average molecular weight is 379 g/mol. The van der Waals surface area contributed by atoms with Crippen LogP contribution in [0.25, 0.3) is 6.08 Å². The topological polar surface area (TPSA) is 56.1 Å². The minimum Gasteiger partial charge on any atom is -0.508 e. The van der Waals surface area contributed by atoms with Crippen LogP contribution in [0.5, 0.6) is 5.75 Å². The number of nitrogens with zero attached hydrogens (tertiary/aromatic N) is 3. The van der Waals surface area contributed by atoms with Gasteiger partial charge in [-0.3, -0.25) is 4.79 Å². The second-order valence-corrected chi connectivity index (χ2v) is 7.67. The van der Waals surface area contributed by atoms with Crippen molar-refractivity contribution in [3.05, 3.63) is 64.6 Å². The van der Waals surface area contributed by atoms with E-state index in [0.29, 0.717) is 4.91 Å². The largest absolute Gasteiger partial charge is 0.508 e. The number of amides is 1. The Hall–Kier alpha value is -2.73. The van der Waals surface area contributed by atoms with Gasteiger partial charge in [0.2, 0.25) is 0 Å². The monoisotopic (exact) mass is 379 g/mol. The van der Waals surface area contributed by atoms with E-state index < -0.39 is 0 Å². The molecule has 2 aromatic carbocycles. The van der Waals surface area contributed by atoms with Gasteiger partial charge in [0.15, 0.2) is 5.17 Å². The predicted molar refractivity (Wildman–Crippen MR) is 111 cm³/mol. The highest BCUT2D eigenvalue weighted by molar-refractivity contribution is 8.18. The van der Waals surface area contributed by atoms with Crippen molar-refractivity contribution in [2.45, 2.75) is 6.92 Å². The second kappa shape index (κ2) is 7.48. The summed E-state index contributed by atoms with van der Waals surface area (Å²) in [5.41, 5.74) is 3.44. The third kappa shape index (κ3) is 3.85. The summed E-state index contributed by atoms with van der Waals surface area (Å²) >= 11 is 1.43. The lowest BCUT2D eigenvalue weighted by Gasteiger charge is -2.37. The number of aliphatic imine (C=N–C) groups is 1. The van der Waals surface area contributed by atoms with E-state index in [4.69, 9.17) is 0 Å². The van der Waals surface area contributed by atoms with Crippen molar-refractivity contribution in [2.24, 2.45) is 4.99 Å². The number of carbonyl (C=O) groups excluding carboxylic acids is 1. The minimum atomic E-state index is -0.190. The Balaban J connectivity index is 1.41. The van der Waals surface area contributed by atoms with E-state index >= 15 is 0 Å². The fraction of sp³-hybridized carbons (Fsp3) is 0.238. The quantitative estimate of drug-likeness (QED) is 0.810. The molecule has 1 fully saturated rings. The highest BCUT2D eigenvalue weighted by Crippen LogP contribution is 2.31. The molecule has 2 aromatic rings. The number of rotatable bonds is 2. The number of benzene rings is 2. The summed E-state index contributed by atoms with van der Waals surface area (Å²) in [5, 5.41) is 10.2. The van der Waals surface area contributed by atoms with Gasteiger partial charge in [-0.25, -0.2) is 0 Å². The van der Waals surface area contributed by atoms with Crippen molar-refractivity contribution < 1.29 is 9.90 Å². The summed E-state index contributed by atoms with van der Waals surface area (Å²) in [5.74, 6) is 0.0235. The number of amidine groups is 1. The number of phenolic OH excluding ortho intramolecular Hbond substituents is 1. The maximum atomic E-state index is 12.3. The van der Waals surface area contributed by atoms with Crippen molar-refractivity contribution in [3.63, 3.8) is 0 Å². The Morgan fingerprint density at radius 1 is 1.00 bits per heavy atom. The van der Waals surface area contributed by atoms with E-state index in [1.807, 2.05) is 6.08 Å². The highest BCUT2D eigenvalue weighted by atomic mass is 32.2. The Kier molecular flexibility index (Phi) is 4.90. The predicted octanol–water partition coefficient (Wildman–Crippen LogP) is 3.49. The maximum absolute atomic E-state index is 12.3. The highest BCUT2D eigenvalue weighted by Gasteiger charge is 2.28. The van der Waals surface area contributed by atoms with Gasteiger partial charge >= 0.3 is 0 Å². The molecule has 6 heteroatoms. The van der Waals surface area contributed by atoms with E-state index in [-0.39, 0.29) is 11.7 Å². The lowest BCUT2D eigenvalue weighted by molar-refractivity contribution is -0.113. The molecule has 1 amide bonds. The number of thioether (sulfide) groups is 1. The Labute approximate surface area is 163 Å². The lowest BCUT2D eigenvalue weighted by Crippen LogP contribution is -2.48. The van der Waals surface area contributed by atoms with Crippen LogP contribution < -0.4 is 4.90 Å². The van der Waals surface area contributed by atoms with Crippen LogP contribution in [-0.2, 0) is 4.79 Å². The number of carbonyl (C=O) groups is 1. The van der Waals surface area contributed by atoms with Gasteiger partial charge in [0.05, 0.1) is 4.91 Å². The summed E-state index contributed by atoms with van der Waals surface area (Å²) in [6.45, 7) is 5.66. The zero-order chi connectivity index (χ0) is 18.8. The molecule has 0 aliphatic carbocycles. The summed E-state index contributed by atoms with van der Waals surface area (Å²) in [6, 6.07) is 15.2. The van der Waals surface area contributed by atoms with Crippen LogP contribution in [-0.4, -0.2) is 47.3 Å². The van der Waals surface area contributed by atoms with Crippen LogP contribution in [0.1, 0.15) is 11.1 Å². The third-order valence-corrected chi connectivity index (χ3v) is 5.85. The molecule has 0 radical (unpaired) electrons. The summed E-state index contributed by atoms with van der Waals surface area (Å²) in [4.78, 5) is 21.7. The molecule has 5 nitrogen and oxygen atoms in total. The fourth-order valence-corrected chi connectivity index (χ4v) is 4.28. The summed E-state index contributed by atoms with van der Waals surface area (Å²) < 4.78 is 0. The summed E-state index contributed by atoms with van der Waals surface area (Å²) in [6.07, 6.45) is 1.83. The van der Waals surface area contributed by atoms with E-state index in [0.717, 1.165) is 36.9 Å². The fourth-order valence-electron chi connectivity index (χ4n) is 3.31. The Morgan fingerprint density at radius 3 is 2.37 bits per heavy atom. The minimum absolute atomic E-state index is 0.190. The van der Waals surface area contributed by atoms with E-state index in [1.54, 1.807) is 24.3 Å². The first kappa shape index (κ1) is 17.7. The molecule has 27 heavy (non-hydrogen) atoms. The molecule has 0 aromatic heterocycles. The van der Waals surface area contributed by atoms with Gasteiger partial charge in [0, 0.05) is 31.9 Å². The molecule has 2 aliphatic heterocycles. The van der Waals surface area contributed by atoms with Crippen LogP contribution >= 0.6 is 11.8 Å². The van der Waals surface area contributed by atoms with Crippen LogP contribution in [0.3, 0.4) is 0 Å². The maximum Gasteiger partial charge on any atom is 0.286 e. The number of anilines is 1. The number of aromatic hydroxyl groups is 1. The van der Waals surface area contributed by atoms with Gasteiger partial charge in [0.25, 0.3) is 5.91 Å². The molecule has 0 spiro atoms. The molecule has 0 atom stereocenters. The van der Waals surface area contributed by atoms with Crippen LogP contribution in [0.2, 0.25) is 0 Å². The number of para-hydroxylation sites is 1. The number of hydrogen-bond acceptors (Lipinski definition) is 5. The van der Waals surface area contributed by atoms with Gasteiger partial charge in [-0.2, -0.15) is 4.99 Å². The van der Waals surface area contributed by atoms with Gasteiger partial charge in [-0.15, -0.1) is 0 Å². The van der Waals surface area contributed by atoms with Crippen molar-refractivity contribution in [3.8, 4) is 5.75 Å². The zero-order valence-electron chi connectivity index (χ0n) is 15.1. The van der Waals surface area contributed by atoms with E-state index in [2.05, 4.69) is 46.0 Å². The zero-order valence-corrected chi connectivity index (χ0v) is 15.9. The molecule has 1 saturated heterocycles. The molecule has 2 heterocycles. The van der Waals surface area contributed by atoms with Crippen molar-refractivity contribution in [1.29, 1.82) is 0 Å². The van der Waals surface area contributed by atoms with Crippen LogP contribution in [0.4, 0.5) is 5.69 Å². The first-order valence-corrected chi connectivity index (χ1v) is 9.79. The standard InChI is InChI=1S/C21H21N3O2S/c1-15-4-2-3-5-18(15)23-10-12-24(13-11-23)21-22-20(26)19(27-21)14-16-6-8-17(25)9-7-16/h2-9,14,25H,10-13H2,1H3/b19-14+. The van der Waals surface area contributed by atoms with E-state index in [1.165, 1.54) is 23.0 Å². The first-order chi connectivity index (χ1) is 13.1. The normalized spacial score (nSPS) is 18.9. The number of aryl methyl sites for hydroxylation is 1. The molecule has 4 rings (SSSR count). The van der Waals surface area contributed by atoms with Gasteiger partial charge in [-0.05, 0) is 54.1 Å². The molecule has 1 N–H and O–H groups in total. The molecule has 138 valence electrons. The van der Waals surface area contributed by atoms with Gasteiger partial charge in [-0.1, -0.05) is 30.3 Å². The van der Waals surface area contributed by atoms with Crippen LogP contribution in [0.15, 0.2) is 58.4 Å². The lowest BCUT2D eigenvalue weighted by atomic mass is 10.1. The number of piperazine rings is 1. The smallest absolute Gasteiger partial charge is 0.286 e. The SMILES string of the molecule is Cc1ccccc1N1CCN(C2=NC(=O)/C(=C\c3ccc(O)cc3)S2)CC1. The van der Waals surface area contributed by atoms with Gasteiger partial charge in [0.1, 0.15) is 5.75 Å². The van der Waals surface area contributed by atoms with Crippen molar-refractivity contribution in [1.82, 2.24) is 4.90 Å². The van der Waals surface area contributed by atoms with E-state index in [9.17, 15) is 9.90 Å².